The molecule has 2 rings (SSSR count). The molecule has 0 saturated carbocycles. The smallest absolute Gasteiger partial charge is 0.254 e. The Balaban J connectivity index is 2.10. The van der Waals surface area contributed by atoms with Gasteiger partial charge in [0.25, 0.3) is 5.91 Å². The molecule has 0 spiro atoms. The Kier molecular flexibility index (Phi) is 3.50. The number of rotatable bonds is 3. The summed E-state index contributed by atoms with van der Waals surface area (Å²) in [5.41, 5.74) is 6.92. The lowest BCUT2D eigenvalue weighted by atomic mass is 10.1. The van der Waals surface area contributed by atoms with Gasteiger partial charge in [-0.15, -0.1) is 0 Å². The molecule has 1 aromatic heterocycles. The van der Waals surface area contributed by atoms with Crippen LogP contribution in [0.3, 0.4) is 0 Å². The predicted molar refractivity (Wildman–Crippen MR) is 69.9 cm³/mol. The summed E-state index contributed by atoms with van der Waals surface area (Å²) in [6, 6.07) is 4.71. The van der Waals surface area contributed by atoms with Crippen LogP contribution in [0.1, 0.15) is 21.5 Å². The molecule has 3 N–H and O–H groups in total. The van der Waals surface area contributed by atoms with E-state index in [9.17, 15) is 9.18 Å². The van der Waals surface area contributed by atoms with Gasteiger partial charge in [-0.2, -0.15) is 5.10 Å². The van der Waals surface area contributed by atoms with E-state index in [0.29, 0.717) is 16.9 Å². The van der Waals surface area contributed by atoms with Gasteiger partial charge in [0, 0.05) is 19.2 Å². The number of carbonyl (C=O) groups is 1. The number of aromatic nitrogens is 2. The van der Waals surface area contributed by atoms with E-state index >= 15 is 0 Å². The summed E-state index contributed by atoms with van der Waals surface area (Å²) < 4.78 is 15.3. The molecule has 0 aliphatic rings. The second-order valence-corrected chi connectivity index (χ2v) is 4.30. The molecule has 0 radical (unpaired) electrons. The first-order valence-electron chi connectivity index (χ1n) is 5.80. The number of nitrogen functional groups attached to an aromatic ring is 1. The van der Waals surface area contributed by atoms with E-state index in [1.807, 2.05) is 0 Å². The fourth-order valence-corrected chi connectivity index (χ4v) is 1.72. The summed E-state index contributed by atoms with van der Waals surface area (Å²) in [5.74, 6) is -0.492. The summed E-state index contributed by atoms with van der Waals surface area (Å²) in [7, 11) is 1.71. The standard InChI is InChI=1S/C13H15FN4O/c1-8-4-3-5-10(11(8)14)13(19)16-6-9-7-17-18(2)12(9)15/h3-5,7H,6,15H2,1-2H3,(H,16,19). The molecular weight excluding hydrogens is 247 g/mol. The number of hydrogen-bond acceptors (Lipinski definition) is 3. The third-order valence-corrected chi connectivity index (χ3v) is 2.94. The first-order valence-corrected chi connectivity index (χ1v) is 5.80. The molecule has 0 aliphatic carbocycles. The van der Waals surface area contributed by atoms with Crippen LogP contribution in [-0.2, 0) is 13.6 Å². The highest BCUT2D eigenvalue weighted by Gasteiger charge is 2.13. The molecule has 1 aromatic carbocycles. The van der Waals surface area contributed by atoms with Crippen LogP contribution >= 0.6 is 0 Å². The molecule has 0 unspecified atom stereocenters. The monoisotopic (exact) mass is 262 g/mol. The first-order chi connectivity index (χ1) is 9.00. The van der Waals surface area contributed by atoms with Gasteiger partial charge in [-0.1, -0.05) is 12.1 Å². The van der Waals surface area contributed by atoms with E-state index in [2.05, 4.69) is 10.4 Å². The van der Waals surface area contributed by atoms with Gasteiger partial charge in [-0.3, -0.25) is 9.48 Å². The van der Waals surface area contributed by atoms with Gasteiger partial charge < -0.3 is 11.1 Å². The summed E-state index contributed by atoms with van der Waals surface area (Å²) in [5, 5.41) is 6.59. The Labute approximate surface area is 110 Å². The van der Waals surface area contributed by atoms with Crippen molar-refractivity contribution in [2.24, 2.45) is 7.05 Å². The van der Waals surface area contributed by atoms with Crippen LogP contribution in [0.5, 0.6) is 0 Å². The number of nitrogens with one attached hydrogen (secondary N) is 1. The van der Waals surface area contributed by atoms with Crippen molar-refractivity contribution in [1.82, 2.24) is 15.1 Å². The molecule has 2 aromatic rings. The number of amides is 1. The second-order valence-electron chi connectivity index (χ2n) is 4.30. The van der Waals surface area contributed by atoms with Crippen molar-refractivity contribution in [3.8, 4) is 0 Å². The molecule has 0 bridgehead atoms. The van der Waals surface area contributed by atoms with Crippen molar-refractivity contribution >= 4 is 11.7 Å². The molecule has 0 fully saturated rings. The summed E-state index contributed by atoms with van der Waals surface area (Å²) in [4.78, 5) is 11.9. The van der Waals surface area contributed by atoms with Gasteiger partial charge in [-0.05, 0) is 18.6 Å². The number of anilines is 1. The first kappa shape index (κ1) is 13.1. The Morgan fingerprint density at radius 3 is 2.89 bits per heavy atom. The van der Waals surface area contributed by atoms with Crippen LogP contribution < -0.4 is 11.1 Å². The van der Waals surface area contributed by atoms with Crippen LogP contribution in [0.2, 0.25) is 0 Å². The van der Waals surface area contributed by atoms with Crippen molar-refractivity contribution in [2.45, 2.75) is 13.5 Å². The zero-order valence-electron chi connectivity index (χ0n) is 10.8. The fraction of sp³-hybridized carbons (Fsp3) is 0.231. The lowest BCUT2D eigenvalue weighted by Gasteiger charge is -2.07. The molecule has 0 saturated heterocycles. The van der Waals surface area contributed by atoms with Gasteiger partial charge >= 0.3 is 0 Å². The normalized spacial score (nSPS) is 10.5. The molecule has 1 heterocycles. The SMILES string of the molecule is Cc1cccc(C(=O)NCc2cnn(C)c2N)c1F. The van der Waals surface area contributed by atoms with Crippen molar-refractivity contribution in [1.29, 1.82) is 0 Å². The van der Waals surface area contributed by atoms with Gasteiger partial charge in [0.15, 0.2) is 0 Å². The summed E-state index contributed by atoms with van der Waals surface area (Å²) in [6.45, 7) is 1.83. The maximum atomic E-state index is 13.8. The predicted octanol–water partition coefficient (Wildman–Crippen LogP) is 1.38. The molecule has 5 nitrogen and oxygen atoms in total. The zero-order chi connectivity index (χ0) is 14.0. The number of hydrogen-bond donors (Lipinski definition) is 2. The average Bonchev–Trinajstić information content (AvgIpc) is 2.70. The Hall–Kier alpha value is -2.37. The lowest BCUT2D eigenvalue weighted by molar-refractivity contribution is 0.0947. The largest absolute Gasteiger partial charge is 0.384 e. The van der Waals surface area contributed by atoms with Crippen LogP contribution in [0, 0.1) is 12.7 Å². The number of halogens is 1. The maximum absolute atomic E-state index is 13.8. The van der Waals surface area contributed by atoms with Crippen molar-refractivity contribution in [3.63, 3.8) is 0 Å². The number of nitrogens with two attached hydrogens (primary N) is 1. The maximum Gasteiger partial charge on any atom is 0.254 e. The van der Waals surface area contributed by atoms with E-state index < -0.39 is 11.7 Å². The van der Waals surface area contributed by atoms with Gasteiger partial charge in [0.1, 0.15) is 11.6 Å². The topological polar surface area (TPSA) is 72.9 Å². The molecule has 19 heavy (non-hydrogen) atoms. The Morgan fingerprint density at radius 2 is 2.26 bits per heavy atom. The molecule has 0 aliphatic heterocycles. The van der Waals surface area contributed by atoms with E-state index in [4.69, 9.17) is 5.73 Å². The van der Waals surface area contributed by atoms with E-state index in [1.54, 1.807) is 32.3 Å². The number of nitrogens with zero attached hydrogens (tertiary/aromatic N) is 2. The van der Waals surface area contributed by atoms with E-state index in [1.165, 1.54) is 10.7 Å². The fourth-order valence-electron chi connectivity index (χ4n) is 1.72. The van der Waals surface area contributed by atoms with E-state index in [0.717, 1.165) is 0 Å². The average molecular weight is 262 g/mol. The number of aryl methyl sites for hydroxylation is 2. The highest BCUT2D eigenvalue weighted by molar-refractivity contribution is 5.94. The Morgan fingerprint density at radius 1 is 1.53 bits per heavy atom. The Bertz CT molecular complexity index is 621. The van der Waals surface area contributed by atoms with Crippen LogP contribution in [-0.4, -0.2) is 15.7 Å². The quantitative estimate of drug-likeness (QED) is 0.877. The summed E-state index contributed by atoms with van der Waals surface area (Å²) in [6.07, 6.45) is 1.57. The summed E-state index contributed by atoms with van der Waals surface area (Å²) >= 11 is 0. The molecule has 1 amide bonds. The van der Waals surface area contributed by atoms with Crippen molar-refractivity contribution in [3.05, 3.63) is 46.9 Å². The molecular formula is C13H15FN4O. The van der Waals surface area contributed by atoms with Crippen molar-refractivity contribution < 1.29 is 9.18 Å². The zero-order valence-corrected chi connectivity index (χ0v) is 10.8. The second kappa shape index (κ2) is 5.09. The minimum Gasteiger partial charge on any atom is -0.384 e. The molecule has 100 valence electrons. The van der Waals surface area contributed by atoms with E-state index in [-0.39, 0.29) is 12.1 Å². The highest BCUT2D eigenvalue weighted by atomic mass is 19.1. The minimum absolute atomic E-state index is 0.0301. The van der Waals surface area contributed by atoms with Crippen molar-refractivity contribution in [2.75, 3.05) is 5.73 Å². The van der Waals surface area contributed by atoms with Crippen LogP contribution in [0.4, 0.5) is 10.2 Å². The number of benzene rings is 1. The molecule has 6 heteroatoms. The lowest BCUT2D eigenvalue weighted by Crippen LogP contribution is -2.24. The van der Waals surface area contributed by atoms with Gasteiger partial charge in [-0.25, -0.2) is 4.39 Å². The highest BCUT2D eigenvalue weighted by Crippen LogP contribution is 2.13. The number of carbonyl (C=O) groups excluding carboxylic acids is 1. The van der Waals surface area contributed by atoms with Gasteiger partial charge in [0.2, 0.25) is 0 Å². The third-order valence-electron chi connectivity index (χ3n) is 2.94. The minimum atomic E-state index is -0.501. The van der Waals surface area contributed by atoms with Crippen LogP contribution in [0.25, 0.3) is 0 Å². The van der Waals surface area contributed by atoms with Crippen LogP contribution in [0.15, 0.2) is 24.4 Å². The van der Waals surface area contributed by atoms with Gasteiger partial charge in [0.05, 0.1) is 11.8 Å². The third kappa shape index (κ3) is 2.57. The molecule has 0 atom stereocenters.